The van der Waals surface area contributed by atoms with Crippen LogP contribution in [-0.4, -0.2) is 63.6 Å². The highest BCUT2D eigenvalue weighted by Gasteiger charge is 2.36. The van der Waals surface area contributed by atoms with E-state index in [2.05, 4.69) is 20.1 Å². The molecule has 4 rings (SSSR count). The van der Waals surface area contributed by atoms with E-state index in [0.29, 0.717) is 38.2 Å². The monoisotopic (exact) mass is 410 g/mol. The number of nitrogens with one attached hydrogen (secondary N) is 1. The summed E-state index contributed by atoms with van der Waals surface area (Å²) in [4.78, 5) is 20.8. The molecule has 0 spiro atoms. The molecule has 7 nitrogen and oxygen atoms in total. The lowest BCUT2D eigenvalue weighted by Crippen LogP contribution is -2.44. The van der Waals surface area contributed by atoms with Crippen molar-refractivity contribution >= 4 is 22.8 Å². The highest BCUT2D eigenvalue weighted by molar-refractivity contribution is 5.89. The Morgan fingerprint density at radius 2 is 1.86 bits per heavy atom. The molecule has 2 fully saturated rings. The van der Waals surface area contributed by atoms with Crippen molar-refractivity contribution in [2.24, 2.45) is 0 Å². The van der Waals surface area contributed by atoms with Crippen LogP contribution in [0.5, 0.6) is 0 Å². The molecular weight excluding hydrogens is 385 g/mol. The predicted octanol–water partition coefficient (Wildman–Crippen LogP) is 2.75. The van der Waals surface area contributed by atoms with Crippen LogP contribution >= 0.6 is 0 Å². The van der Waals surface area contributed by atoms with Gasteiger partial charge in [-0.3, -0.25) is 14.8 Å². The summed E-state index contributed by atoms with van der Waals surface area (Å²) in [7, 11) is 0. The molecule has 1 amide bonds. The van der Waals surface area contributed by atoms with Crippen molar-refractivity contribution in [1.82, 2.24) is 25.0 Å². The van der Waals surface area contributed by atoms with E-state index < -0.39 is 11.7 Å². The molecule has 2 saturated heterocycles. The first kappa shape index (κ1) is 19.9. The maximum atomic E-state index is 13.5. The first-order valence-corrected chi connectivity index (χ1v) is 10.0. The Morgan fingerprint density at radius 1 is 1.17 bits per heavy atom. The number of H-pyrrole nitrogens is 1. The van der Waals surface area contributed by atoms with Crippen LogP contribution in [0.2, 0.25) is 0 Å². The van der Waals surface area contributed by atoms with Gasteiger partial charge in [0.05, 0.1) is 17.5 Å². The number of piperidine rings is 2. The number of anilines is 1. The quantitative estimate of drug-likeness (QED) is 0.812. The van der Waals surface area contributed by atoms with Gasteiger partial charge in [0, 0.05) is 24.7 Å². The van der Waals surface area contributed by atoms with Crippen LogP contribution in [0, 0.1) is 0 Å². The third-order valence-electron chi connectivity index (χ3n) is 5.95. The number of carbonyl (C=O) groups is 1. The number of carbonyl (C=O) groups excluding carboxylic acids is 1. The number of pyridine rings is 1. The van der Waals surface area contributed by atoms with Gasteiger partial charge in [0.25, 0.3) is 0 Å². The van der Waals surface area contributed by atoms with Crippen LogP contribution in [0.1, 0.15) is 49.3 Å². The van der Waals surface area contributed by atoms with E-state index in [9.17, 15) is 18.0 Å². The van der Waals surface area contributed by atoms with Gasteiger partial charge in [0.15, 0.2) is 5.65 Å². The highest BCUT2D eigenvalue weighted by Crippen LogP contribution is 2.39. The van der Waals surface area contributed by atoms with Crippen LogP contribution in [0.25, 0.3) is 11.0 Å². The topological polar surface area (TPSA) is 91.1 Å². The molecule has 158 valence electrons. The second-order valence-corrected chi connectivity index (χ2v) is 7.92. The minimum Gasteiger partial charge on any atom is -0.383 e. The van der Waals surface area contributed by atoms with Gasteiger partial charge in [0.1, 0.15) is 5.82 Å². The number of alkyl halides is 3. The Balaban J connectivity index is 1.44. The number of nitrogen functional groups attached to an aromatic ring is 1. The van der Waals surface area contributed by atoms with E-state index in [0.717, 1.165) is 32.0 Å². The zero-order chi connectivity index (χ0) is 20.6. The number of likely N-dealkylation sites (tertiary alicyclic amines) is 2. The van der Waals surface area contributed by atoms with Gasteiger partial charge in [0.2, 0.25) is 5.91 Å². The van der Waals surface area contributed by atoms with Crippen molar-refractivity contribution in [2.45, 2.75) is 44.2 Å². The molecule has 0 radical (unpaired) electrons. The first-order valence-electron chi connectivity index (χ1n) is 10.0. The molecule has 0 saturated carbocycles. The van der Waals surface area contributed by atoms with E-state index in [4.69, 9.17) is 5.73 Å². The molecule has 2 aliphatic heterocycles. The van der Waals surface area contributed by atoms with Crippen molar-refractivity contribution in [3.05, 3.63) is 17.3 Å². The molecule has 10 heteroatoms. The number of hydrogen-bond donors (Lipinski definition) is 2. The van der Waals surface area contributed by atoms with Crippen LogP contribution in [0.3, 0.4) is 0 Å². The normalized spacial score (nSPS) is 19.8. The second-order valence-electron chi connectivity index (χ2n) is 7.92. The number of hydrogen-bond acceptors (Lipinski definition) is 5. The fourth-order valence-electron chi connectivity index (χ4n) is 4.32. The average molecular weight is 410 g/mol. The molecule has 4 heterocycles. The van der Waals surface area contributed by atoms with Gasteiger partial charge < -0.3 is 10.6 Å². The van der Waals surface area contributed by atoms with E-state index in [1.165, 1.54) is 6.42 Å². The number of halogens is 3. The van der Waals surface area contributed by atoms with Crippen LogP contribution < -0.4 is 5.73 Å². The Bertz CT molecular complexity index is 882. The highest BCUT2D eigenvalue weighted by atomic mass is 19.4. The van der Waals surface area contributed by atoms with E-state index >= 15 is 0 Å². The molecule has 3 N–H and O–H groups in total. The SMILES string of the molecule is Nc1[nH]nc2nc(C3CCN(CC(=O)N4CCCCC4)CC3)cc(C(F)(F)F)c12. The van der Waals surface area contributed by atoms with Crippen LogP contribution in [0.15, 0.2) is 6.07 Å². The lowest BCUT2D eigenvalue weighted by atomic mass is 9.91. The summed E-state index contributed by atoms with van der Waals surface area (Å²) in [6.07, 6.45) is 0.0674. The number of aromatic amines is 1. The minimum absolute atomic E-state index is 0.00460. The fourth-order valence-corrected chi connectivity index (χ4v) is 4.32. The van der Waals surface area contributed by atoms with Crippen molar-refractivity contribution in [1.29, 1.82) is 0 Å². The zero-order valence-corrected chi connectivity index (χ0v) is 16.1. The molecule has 2 aromatic rings. The Labute approximate surface area is 166 Å². The summed E-state index contributed by atoms with van der Waals surface area (Å²) < 4.78 is 40.6. The maximum Gasteiger partial charge on any atom is 0.417 e. The lowest BCUT2D eigenvalue weighted by Gasteiger charge is -2.34. The number of aromatic nitrogens is 3. The summed E-state index contributed by atoms with van der Waals surface area (Å²) in [6.45, 7) is 3.35. The largest absolute Gasteiger partial charge is 0.417 e. The second kappa shape index (κ2) is 7.81. The summed E-state index contributed by atoms with van der Waals surface area (Å²) in [5.41, 5.74) is 5.21. The Hall–Kier alpha value is -2.36. The third-order valence-corrected chi connectivity index (χ3v) is 5.95. The van der Waals surface area contributed by atoms with Crippen molar-refractivity contribution in [3.8, 4) is 0 Å². The molecule has 29 heavy (non-hydrogen) atoms. The summed E-state index contributed by atoms with van der Waals surface area (Å²) >= 11 is 0. The number of fused-ring (bicyclic) bond motifs is 1. The van der Waals surface area contributed by atoms with Gasteiger partial charge in [-0.1, -0.05) is 0 Å². The minimum atomic E-state index is -4.53. The molecule has 0 aliphatic carbocycles. The molecule has 0 unspecified atom stereocenters. The number of amides is 1. The first-order chi connectivity index (χ1) is 13.8. The van der Waals surface area contributed by atoms with E-state index in [-0.39, 0.29) is 28.7 Å². The van der Waals surface area contributed by atoms with Crippen molar-refractivity contribution < 1.29 is 18.0 Å². The van der Waals surface area contributed by atoms with E-state index in [1.54, 1.807) is 0 Å². The standard InChI is InChI=1S/C19H25F3N6O/c20-19(21,22)13-10-14(24-18-16(13)17(23)25-26-18)12-4-8-27(9-5-12)11-15(29)28-6-2-1-3-7-28/h10,12H,1-9,11H2,(H3,23,24,25,26). The van der Waals surface area contributed by atoms with Gasteiger partial charge >= 0.3 is 6.18 Å². The van der Waals surface area contributed by atoms with Gasteiger partial charge in [-0.2, -0.15) is 18.3 Å². The van der Waals surface area contributed by atoms with Gasteiger partial charge in [-0.05, 0) is 51.3 Å². The number of nitrogens with two attached hydrogens (primary N) is 1. The molecular formula is C19H25F3N6O. The fraction of sp³-hybridized carbons (Fsp3) is 0.632. The number of rotatable bonds is 3. The van der Waals surface area contributed by atoms with Gasteiger partial charge in [-0.15, -0.1) is 0 Å². The summed E-state index contributed by atoms with van der Waals surface area (Å²) in [5, 5.41) is 6.05. The Kier molecular flexibility index (Phi) is 5.37. The summed E-state index contributed by atoms with van der Waals surface area (Å²) in [5.74, 6) is -0.0776. The maximum absolute atomic E-state index is 13.5. The Morgan fingerprint density at radius 3 is 2.52 bits per heavy atom. The van der Waals surface area contributed by atoms with Crippen molar-refractivity contribution in [3.63, 3.8) is 0 Å². The zero-order valence-electron chi connectivity index (χ0n) is 16.1. The smallest absolute Gasteiger partial charge is 0.383 e. The van der Waals surface area contributed by atoms with Crippen LogP contribution in [-0.2, 0) is 11.0 Å². The number of nitrogens with zero attached hydrogens (tertiary/aromatic N) is 4. The molecule has 2 aromatic heterocycles. The molecule has 2 aliphatic rings. The van der Waals surface area contributed by atoms with Crippen LogP contribution in [0.4, 0.5) is 19.0 Å². The predicted molar refractivity (Wildman–Crippen MR) is 102 cm³/mol. The van der Waals surface area contributed by atoms with E-state index in [1.807, 2.05) is 4.90 Å². The molecule has 0 bridgehead atoms. The average Bonchev–Trinajstić information content (AvgIpc) is 3.08. The molecule has 0 aromatic carbocycles. The van der Waals surface area contributed by atoms with Gasteiger partial charge in [-0.25, -0.2) is 4.98 Å². The molecule has 0 atom stereocenters. The lowest BCUT2D eigenvalue weighted by molar-refractivity contribution is -0.136. The summed E-state index contributed by atoms with van der Waals surface area (Å²) in [6, 6.07) is 1.10. The third kappa shape index (κ3) is 4.17. The van der Waals surface area contributed by atoms with Crippen molar-refractivity contribution in [2.75, 3.05) is 38.5 Å².